The van der Waals surface area contributed by atoms with Crippen molar-refractivity contribution in [2.45, 2.75) is 32.7 Å². The third-order valence-corrected chi connectivity index (χ3v) is 4.84. The largest absolute Gasteiger partial charge is 0.379 e. The number of hydrogen-bond acceptors (Lipinski definition) is 4. The Labute approximate surface area is 166 Å². The summed E-state index contributed by atoms with van der Waals surface area (Å²) in [6.45, 7) is 8.64. The van der Waals surface area contributed by atoms with Gasteiger partial charge < -0.3 is 15.4 Å². The summed E-state index contributed by atoms with van der Waals surface area (Å²) in [4.78, 5) is 26.6. The Bertz CT molecular complexity index is 601. The summed E-state index contributed by atoms with van der Waals surface area (Å²) in [5.41, 5.74) is 0.532. The van der Waals surface area contributed by atoms with Crippen LogP contribution in [0.25, 0.3) is 0 Å². The van der Waals surface area contributed by atoms with E-state index in [9.17, 15) is 9.59 Å². The van der Waals surface area contributed by atoms with Gasteiger partial charge in [0, 0.05) is 49.2 Å². The summed E-state index contributed by atoms with van der Waals surface area (Å²) < 4.78 is 5.42. The number of morpholine rings is 1. The number of ether oxygens (including phenoxy) is 1. The molecule has 7 heteroatoms. The lowest BCUT2D eigenvalue weighted by molar-refractivity contribution is -0.121. The molecule has 0 radical (unpaired) electrons. The molecule has 6 nitrogen and oxygen atoms in total. The van der Waals surface area contributed by atoms with Crippen molar-refractivity contribution >= 4 is 23.4 Å². The summed E-state index contributed by atoms with van der Waals surface area (Å²) in [6, 6.07) is 6.99. The summed E-state index contributed by atoms with van der Waals surface area (Å²) in [6.07, 6.45) is 1.30. The van der Waals surface area contributed by atoms with E-state index >= 15 is 0 Å². The predicted octanol–water partition coefficient (Wildman–Crippen LogP) is 2.32. The third kappa shape index (κ3) is 7.87. The number of carbonyl (C=O) groups is 2. The van der Waals surface area contributed by atoms with E-state index in [2.05, 4.69) is 29.4 Å². The van der Waals surface area contributed by atoms with Crippen molar-refractivity contribution in [2.24, 2.45) is 5.92 Å². The van der Waals surface area contributed by atoms with Crippen LogP contribution in [0.3, 0.4) is 0 Å². The Morgan fingerprint density at radius 2 is 1.81 bits per heavy atom. The first kappa shape index (κ1) is 21.7. The minimum Gasteiger partial charge on any atom is -0.379 e. The van der Waals surface area contributed by atoms with E-state index in [-0.39, 0.29) is 18.2 Å². The molecule has 0 saturated carbocycles. The first-order valence-corrected chi connectivity index (χ1v) is 9.95. The maximum atomic E-state index is 12.2. The summed E-state index contributed by atoms with van der Waals surface area (Å²) in [7, 11) is 0. The number of hydrogen-bond donors (Lipinski definition) is 2. The molecule has 2 rings (SSSR count). The van der Waals surface area contributed by atoms with Gasteiger partial charge in [0.05, 0.1) is 13.2 Å². The first-order chi connectivity index (χ1) is 13.0. The fourth-order valence-electron chi connectivity index (χ4n) is 3.16. The van der Waals surface area contributed by atoms with Gasteiger partial charge in [0.1, 0.15) is 0 Å². The van der Waals surface area contributed by atoms with E-state index in [1.807, 2.05) is 0 Å². The molecule has 1 heterocycles. The average Bonchev–Trinajstić information content (AvgIpc) is 2.66. The van der Waals surface area contributed by atoms with Crippen LogP contribution in [0.1, 0.15) is 37.0 Å². The second-order valence-electron chi connectivity index (χ2n) is 7.25. The highest BCUT2D eigenvalue weighted by atomic mass is 35.5. The van der Waals surface area contributed by atoms with E-state index in [1.54, 1.807) is 24.3 Å². The standard InChI is InChI=1S/C20H30ClN3O3/c1-15(2)13-18(24-9-11-27-12-10-24)14-23-19(25)7-8-22-20(26)16-3-5-17(21)6-4-16/h3-6,15,18H,7-14H2,1-2H3,(H,22,26)(H,23,25). The van der Waals surface area contributed by atoms with E-state index in [1.165, 1.54) is 0 Å². The van der Waals surface area contributed by atoms with Crippen molar-refractivity contribution in [3.63, 3.8) is 0 Å². The molecular weight excluding hydrogens is 366 g/mol. The first-order valence-electron chi connectivity index (χ1n) is 9.58. The van der Waals surface area contributed by atoms with Crippen molar-refractivity contribution in [1.29, 1.82) is 0 Å². The molecule has 1 atom stereocenters. The third-order valence-electron chi connectivity index (χ3n) is 4.58. The van der Waals surface area contributed by atoms with Gasteiger partial charge in [-0.3, -0.25) is 14.5 Å². The topological polar surface area (TPSA) is 70.7 Å². The number of halogens is 1. The molecule has 150 valence electrons. The Morgan fingerprint density at radius 3 is 2.44 bits per heavy atom. The molecule has 27 heavy (non-hydrogen) atoms. The zero-order valence-electron chi connectivity index (χ0n) is 16.2. The zero-order valence-corrected chi connectivity index (χ0v) is 16.9. The van der Waals surface area contributed by atoms with Gasteiger partial charge >= 0.3 is 0 Å². The molecule has 2 N–H and O–H groups in total. The Balaban J connectivity index is 1.71. The molecule has 1 saturated heterocycles. The molecule has 1 unspecified atom stereocenters. The Hall–Kier alpha value is -1.63. The lowest BCUT2D eigenvalue weighted by Crippen LogP contribution is -2.49. The van der Waals surface area contributed by atoms with Crippen LogP contribution < -0.4 is 10.6 Å². The molecule has 1 fully saturated rings. The van der Waals surface area contributed by atoms with Crippen molar-refractivity contribution < 1.29 is 14.3 Å². The molecule has 0 aromatic heterocycles. The quantitative estimate of drug-likeness (QED) is 0.673. The lowest BCUT2D eigenvalue weighted by Gasteiger charge is -2.35. The van der Waals surface area contributed by atoms with Crippen LogP contribution in [-0.2, 0) is 9.53 Å². The van der Waals surface area contributed by atoms with Crippen molar-refractivity contribution in [2.75, 3.05) is 39.4 Å². The number of nitrogens with zero attached hydrogens (tertiary/aromatic N) is 1. The van der Waals surface area contributed by atoms with Gasteiger partial charge in [0.15, 0.2) is 0 Å². The van der Waals surface area contributed by atoms with Crippen LogP contribution in [0.15, 0.2) is 24.3 Å². The van der Waals surface area contributed by atoms with E-state index in [0.29, 0.717) is 35.6 Å². The number of rotatable bonds is 9. The molecule has 0 bridgehead atoms. The number of amides is 2. The van der Waals surface area contributed by atoms with E-state index in [4.69, 9.17) is 16.3 Å². The average molecular weight is 396 g/mol. The van der Waals surface area contributed by atoms with Crippen LogP contribution in [-0.4, -0.2) is 62.1 Å². The van der Waals surface area contributed by atoms with Crippen molar-refractivity contribution in [3.05, 3.63) is 34.9 Å². The van der Waals surface area contributed by atoms with Crippen LogP contribution in [0, 0.1) is 5.92 Å². The zero-order chi connectivity index (χ0) is 19.6. The second kappa shape index (κ2) is 11.3. The van der Waals surface area contributed by atoms with E-state index in [0.717, 1.165) is 32.7 Å². The smallest absolute Gasteiger partial charge is 0.251 e. The number of carbonyl (C=O) groups excluding carboxylic acids is 2. The molecule has 2 amide bonds. The Morgan fingerprint density at radius 1 is 1.15 bits per heavy atom. The normalized spacial score (nSPS) is 16.1. The van der Waals surface area contributed by atoms with Gasteiger partial charge in [-0.15, -0.1) is 0 Å². The van der Waals surface area contributed by atoms with Gasteiger partial charge in [-0.1, -0.05) is 25.4 Å². The molecule has 1 aromatic carbocycles. The van der Waals surface area contributed by atoms with Gasteiger partial charge in [-0.05, 0) is 36.6 Å². The Kier molecular flexibility index (Phi) is 9.04. The monoisotopic (exact) mass is 395 g/mol. The summed E-state index contributed by atoms with van der Waals surface area (Å²) in [5, 5.41) is 6.36. The second-order valence-corrected chi connectivity index (χ2v) is 7.69. The molecule has 0 aliphatic carbocycles. The minimum atomic E-state index is -0.203. The number of nitrogens with one attached hydrogen (secondary N) is 2. The number of benzene rings is 1. The van der Waals surface area contributed by atoms with Crippen LogP contribution in [0.4, 0.5) is 0 Å². The van der Waals surface area contributed by atoms with Crippen LogP contribution in [0.5, 0.6) is 0 Å². The molecule has 1 aliphatic heterocycles. The summed E-state index contributed by atoms with van der Waals surface area (Å²) in [5.74, 6) is 0.312. The highest BCUT2D eigenvalue weighted by Crippen LogP contribution is 2.13. The summed E-state index contributed by atoms with van der Waals surface area (Å²) >= 11 is 5.81. The van der Waals surface area contributed by atoms with Gasteiger partial charge in [0.2, 0.25) is 5.91 Å². The molecular formula is C20H30ClN3O3. The fraction of sp³-hybridized carbons (Fsp3) is 0.600. The van der Waals surface area contributed by atoms with Crippen LogP contribution >= 0.6 is 11.6 Å². The SMILES string of the molecule is CC(C)CC(CNC(=O)CCNC(=O)c1ccc(Cl)cc1)N1CCOCC1. The highest BCUT2D eigenvalue weighted by molar-refractivity contribution is 6.30. The van der Waals surface area contributed by atoms with Crippen LogP contribution in [0.2, 0.25) is 5.02 Å². The van der Waals surface area contributed by atoms with Crippen molar-refractivity contribution in [3.8, 4) is 0 Å². The van der Waals surface area contributed by atoms with Crippen molar-refractivity contribution in [1.82, 2.24) is 15.5 Å². The fourth-order valence-corrected chi connectivity index (χ4v) is 3.29. The predicted molar refractivity (Wildman–Crippen MR) is 107 cm³/mol. The van der Waals surface area contributed by atoms with Gasteiger partial charge in [-0.25, -0.2) is 0 Å². The molecule has 1 aliphatic rings. The highest BCUT2D eigenvalue weighted by Gasteiger charge is 2.22. The van der Waals surface area contributed by atoms with Gasteiger partial charge in [-0.2, -0.15) is 0 Å². The van der Waals surface area contributed by atoms with E-state index < -0.39 is 0 Å². The molecule has 1 aromatic rings. The minimum absolute atomic E-state index is 0.0478. The maximum Gasteiger partial charge on any atom is 0.251 e. The molecule has 0 spiro atoms. The lowest BCUT2D eigenvalue weighted by atomic mass is 10.0. The maximum absolute atomic E-state index is 12.2. The van der Waals surface area contributed by atoms with Gasteiger partial charge in [0.25, 0.3) is 5.91 Å².